The summed E-state index contributed by atoms with van der Waals surface area (Å²) in [6.45, 7) is 2.97. The third-order valence-corrected chi connectivity index (χ3v) is 4.66. The van der Waals surface area contributed by atoms with E-state index in [2.05, 4.69) is 12.2 Å². The fourth-order valence-electron chi connectivity index (χ4n) is 3.38. The summed E-state index contributed by atoms with van der Waals surface area (Å²) < 4.78 is 0. The predicted octanol–water partition coefficient (Wildman–Crippen LogP) is 2.06. The summed E-state index contributed by atoms with van der Waals surface area (Å²) in [7, 11) is 0. The SMILES string of the molecule is CC1CCC(NC(=O)[C@@H]2CCC[C@@H]2CN)CC1. The summed E-state index contributed by atoms with van der Waals surface area (Å²) in [4.78, 5) is 12.2. The second-order valence-electron chi connectivity index (χ2n) is 6.00. The van der Waals surface area contributed by atoms with Crippen molar-refractivity contribution in [1.29, 1.82) is 0 Å². The van der Waals surface area contributed by atoms with Crippen LogP contribution in [0.1, 0.15) is 51.9 Å². The van der Waals surface area contributed by atoms with Gasteiger partial charge in [-0.05, 0) is 56.9 Å². The summed E-state index contributed by atoms with van der Waals surface area (Å²) >= 11 is 0. The molecule has 0 saturated heterocycles. The molecule has 17 heavy (non-hydrogen) atoms. The van der Waals surface area contributed by atoms with Crippen LogP contribution >= 0.6 is 0 Å². The highest BCUT2D eigenvalue weighted by atomic mass is 16.2. The first-order valence-corrected chi connectivity index (χ1v) is 7.21. The molecule has 0 unspecified atom stereocenters. The smallest absolute Gasteiger partial charge is 0.223 e. The Morgan fingerprint density at radius 3 is 2.53 bits per heavy atom. The quantitative estimate of drug-likeness (QED) is 0.790. The molecule has 2 fully saturated rings. The topological polar surface area (TPSA) is 55.1 Å². The monoisotopic (exact) mass is 238 g/mol. The summed E-state index contributed by atoms with van der Waals surface area (Å²) in [5, 5.41) is 3.25. The molecule has 2 rings (SSSR count). The Balaban J connectivity index is 1.80. The highest BCUT2D eigenvalue weighted by Gasteiger charge is 2.33. The number of carbonyl (C=O) groups excluding carboxylic acids is 1. The van der Waals surface area contributed by atoms with Crippen LogP contribution in [-0.2, 0) is 4.79 Å². The van der Waals surface area contributed by atoms with Gasteiger partial charge in [-0.1, -0.05) is 13.3 Å². The molecular weight excluding hydrogens is 212 g/mol. The number of nitrogens with two attached hydrogens (primary N) is 1. The van der Waals surface area contributed by atoms with E-state index in [9.17, 15) is 4.79 Å². The van der Waals surface area contributed by atoms with E-state index in [0.717, 1.165) is 31.6 Å². The molecule has 2 aliphatic rings. The van der Waals surface area contributed by atoms with Gasteiger partial charge in [0.25, 0.3) is 0 Å². The van der Waals surface area contributed by atoms with Gasteiger partial charge in [-0.25, -0.2) is 0 Å². The van der Waals surface area contributed by atoms with Gasteiger partial charge in [0.05, 0.1) is 0 Å². The maximum absolute atomic E-state index is 12.2. The Labute approximate surface area is 105 Å². The first-order chi connectivity index (χ1) is 8.20. The molecule has 1 amide bonds. The minimum atomic E-state index is 0.194. The first-order valence-electron chi connectivity index (χ1n) is 7.21. The van der Waals surface area contributed by atoms with Gasteiger partial charge in [-0.2, -0.15) is 0 Å². The van der Waals surface area contributed by atoms with Crippen LogP contribution in [0.4, 0.5) is 0 Å². The molecule has 0 spiro atoms. The zero-order valence-electron chi connectivity index (χ0n) is 11.0. The van der Waals surface area contributed by atoms with Crippen molar-refractivity contribution in [3.8, 4) is 0 Å². The number of carbonyl (C=O) groups is 1. The third kappa shape index (κ3) is 3.21. The van der Waals surface area contributed by atoms with Gasteiger partial charge in [0.15, 0.2) is 0 Å². The lowest BCUT2D eigenvalue weighted by Gasteiger charge is -2.28. The van der Waals surface area contributed by atoms with Gasteiger partial charge in [0.1, 0.15) is 0 Å². The van der Waals surface area contributed by atoms with Crippen LogP contribution in [0, 0.1) is 17.8 Å². The van der Waals surface area contributed by atoms with Gasteiger partial charge in [0, 0.05) is 12.0 Å². The van der Waals surface area contributed by atoms with E-state index in [0.29, 0.717) is 18.5 Å². The molecule has 0 heterocycles. The minimum absolute atomic E-state index is 0.194. The average molecular weight is 238 g/mol. The van der Waals surface area contributed by atoms with Gasteiger partial charge >= 0.3 is 0 Å². The maximum atomic E-state index is 12.2. The second-order valence-corrected chi connectivity index (χ2v) is 6.00. The highest BCUT2D eigenvalue weighted by molar-refractivity contribution is 5.79. The molecule has 3 heteroatoms. The lowest BCUT2D eigenvalue weighted by molar-refractivity contribution is -0.127. The molecule has 3 N–H and O–H groups in total. The fraction of sp³-hybridized carbons (Fsp3) is 0.929. The molecule has 0 bridgehead atoms. The fourth-order valence-corrected chi connectivity index (χ4v) is 3.38. The van der Waals surface area contributed by atoms with Gasteiger partial charge in [-0.3, -0.25) is 4.79 Å². The van der Waals surface area contributed by atoms with Crippen molar-refractivity contribution in [2.24, 2.45) is 23.5 Å². The summed E-state index contributed by atoms with van der Waals surface area (Å²) in [6.07, 6.45) is 8.18. The zero-order chi connectivity index (χ0) is 12.3. The number of amides is 1. The van der Waals surface area contributed by atoms with Crippen LogP contribution in [-0.4, -0.2) is 18.5 Å². The third-order valence-electron chi connectivity index (χ3n) is 4.66. The Hall–Kier alpha value is -0.570. The minimum Gasteiger partial charge on any atom is -0.353 e. The molecule has 2 saturated carbocycles. The predicted molar refractivity (Wildman–Crippen MR) is 69.4 cm³/mol. The van der Waals surface area contributed by atoms with Crippen molar-refractivity contribution in [2.75, 3.05) is 6.54 Å². The standard InChI is InChI=1S/C14H26N2O/c1-10-5-7-12(8-6-10)16-14(17)13-4-2-3-11(13)9-15/h10-13H,2-9,15H2,1H3,(H,16,17)/t10?,11-,12?,13-/m1/s1. The number of hydrogen-bond donors (Lipinski definition) is 2. The van der Waals surface area contributed by atoms with Crippen molar-refractivity contribution in [2.45, 2.75) is 57.9 Å². The van der Waals surface area contributed by atoms with Crippen molar-refractivity contribution < 1.29 is 4.79 Å². The Bertz CT molecular complexity index is 259. The molecule has 98 valence electrons. The molecule has 0 aliphatic heterocycles. The van der Waals surface area contributed by atoms with E-state index >= 15 is 0 Å². The van der Waals surface area contributed by atoms with E-state index in [1.807, 2.05) is 0 Å². The van der Waals surface area contributed by atoms with Crippen LogP contribution in [0.3, 0.4) is 0 Å². The normalized spacial score (nSPS) is 38.0. The van der Waals surface area contributed by atoms with Crippen molar-refractivity contribution in [1.82, 2.24) is 5.32 Å². The summed E-state index contributed by atoms with van der Waals surface area (Å²) in [5.41, 5.74) is 5.73. The second kappa shape index (κ2) is 5.85. The van der Waals surface area contributed by atoms with E-state index in [1.54, 1.807) is 0 Å². The van der Waals surface area contributed by atoms with Crippen molar-refractivity contribution >= 4 is 5.91 Å². The Morgan fingerprint density at radius 2 is 1.88 bits per heavy atom. The molecular formula is C14H26N2O. The zero-order valence-corrected chi connectivity index (χ0v) is 11.0. The molecule has 3 nitrogen and oxygen atoms in total. The summed E-state index contributed by atoms with van der Waals surface area (Å²) in [6, 6.07) is 0.428. The Kier molecular flexibility index (Phi) is 4.43. The Morgan fingerprint density at radius 1 is 1.18 bits per heavy atom. The highest BCUT2D eigenvalue weighted by Crippen LogP contribution is 2.31. The molecule has 0 aromatic heterocycles. The maximum Gasteiger partial charge on any atom is 0.223 e. The number of hydrogen-bond acceptors (Lipinski definition) is 2. The lowest BCUT2D eigenvalue weighted by atomic mass is 9.86. The van der Waals surface area contributed by atoms with Gasteiger partial charge in [0.2, 0.25) is 5.91 Å². The van der Waals surface area contributed by atoms with E-state index in [1.165, 1.54) is 19.3 Å². The van der Waals surface area contributed by atoms with Gasteiger partial charge < -0.3 is 11.1 Å². The van der Waals surface area contributed by atoms with Gasteiger partial charge in [-0.15, -0.1) is 0 Å². The van der Waals surface area contributed by atoms with Crippen molar-refractivity contribution in [3.63, 3.8) is 0 Å². The molecule has 2 atom stereocenters. The molecule has 0 aromatic carbocycles. The van der Waals surface area contributed by atoms with Crippen LogP contribution in [0.2, 0.25) is 0 Å². The van der Waals surface area contributed by atoms with E-state index in [4.69, 9.17) is 5.73 Å². The van der Waals surface area contributed by atoms with Crippen LogP contribution in [0.5, 0.6) is 0 Å². The van der Waals surface area contributed by atoms with Crippen molar-refractivity contribution in [3.05, 3.63) is 0 Å². The molecule has 2 aliphatic carbocycles. The first kappa shape index (κ1) is 12.9. The van der Waals surface area contributed by atoms with E-state index in [-0.39, 0.29) is 11.8 Å². The number of rotatable bonds is 3. The number of nitrogens with one attached hydrogen (secondary N) is 1. The largest absolute Gasteiger partial charge is 0.353 e. The molecule has 0 radical (unpaired) electrons. The van der Waals surface area contributed by atoms with E-state index < -0.39 is 0 Å². The lowest BCUT2D eigenvalue weighted by Crippen LogP contribution is -2.42. The summed E-state index contributed by atoms with van der Waals surface area (Å²) in [5.74, 6) is 1.74. The molecule has 0 aromatic rings. The van der Waals surface area contributed by atoms with Crippen LogP contribution < -0.4 is 11.1 Å². The average Bonchev–Trinajstić information content (AvgIpc) is 2.80. The van der Waals surface area contributed by atoms with Crippen LogP contribution in [0.25, 0.3) is 0 Å². The van der Waals surface area contributed by atoms with Crippen LogP contribution in [0.15, 0.2) is 0 Å².